The lowest BCUT2D eigenvalue weighted by molar-refractivity contribution is -0.134. The number of aromatic nitrogens is 1. The van der Waals surface area contributed by atoms with Gasteiger partial charge in [-0.15, -0.1) is 11.8 Å². The fourth-order valence-corrected chi connectivity index (χ4v) is 5.15. The molecule has 0 unspecified atom stereocenters. The first-order valence-corrected chi connectivity index (χ1v) is 12.0. The van der Waals surface area contributed by atoms with Crippen molar-refractivity contribution in [2.75, 3.05) is 46.3 Å². The van der Waals surface area contributed by atoms with E-state index >= 15 is 0 Å². The van der Waals surface area contributed by atoms with Crippen LogP contribution >= 0.6 is 11.8 Å². The van der Waals surface area contributed by atoms with Crippen molar-refractivity contribution in [2.45, 2.75) is 29.9 Å². The maximum atomic E-state index is 12.8. The van der Waals surface area contributed by atoms with E-state index in [2.05, 4.69) is 40.6 Å². The number of carbonyl (C=O) groups is 1. The minimum atomic E-state index is 0.320. The van der Waals surface area contributed by atoms with Crippen molar-refractivity contribution >= 4 is 17.7 Å². The maximum Gasteiger partial charge on any atom is 0.222 e. The van der Waals surface area contributed by atoms with Crippen LogP contribution in [0.3, 0.4) is 0 Å². The first kappa shape index (κ1) is 21.4. The number of benzene rings is 1. The number of thioether (sulfide) groups is 1. The van der Waals surface area contributed by atoms with Crippen molar-refractivity contribution in [1.29, 1.82) is 0 Å². The lowest BCUT2D eigenvalue weighted by Gasteiger charge is -2.36. The Morgan fingerprint density at radius 1 is 1.20 bits per heavy atom. The summed E-state index contributed by atoms with van der Waals surface area (Å²) >= 11 is 1.76. The third-order valence-electron chi connectivity index (χ3n) is 6.26. The summed E-state index contributed by atoms with van der Waals surface area (Å²) in [5.41, 5.74) is 1.00. The summed E-state index contributed by atoms with van der Waals surface area (Å²) in [5.74, 6) is 2.85. The van der Waals surface area contributed by atoms with Crippen molar-refractivity contribution in [3.05, 3.63) is 47.9 Å². The van der Waals surface area contributed by atoms with Gasteiger partial charge in [-0.05, 0) is 56.9 Å². The third-order valence-corrected chi connectivity index (χ3v) is 7.30. The van der Waals surface area contributed by atoms with Crippen LogP contribution in [0.5, 0.6) is 0 Å². The fourth-order valence-electron chi connectivity index (χ4n) is 4.35. The van der Waals surface area contributed by atoms with Gasteiger partial charge >= 0.3 is 0 Å². The van der Waals surface area contributed by atoms with E-state index in [1.54, 1.807) is 11.8 Å². The Labute approximate surface area is 183 Å². The first-order chi connectivity index (χ1) is 14.7. The van der Waals surface area contributed by atoms with Crippen molar-refractivity contribution < 1.29 is 9.32 Å². The van der Waals surface area contributed by atoms with E-state index in [0.717, 1.165) is 69.3 Å². The second kappa shape index (κ2) is 10.5. The molecule has 2 aliphatic heterocycles. The molecular formula is C23H32N4O2S. The molecule has 7 heteroatoms. The Hall–Kier alpha value is -1.83. The van der Waals surface area contributed by atoms with Gasteiger partial charge in [-0.3, -0.25) is 4.79 Å². The zero-order chi connectivity index (χ0) is 20.8. The highest BCUT2D eigenvalue weighted by Crippen LogP contribution is 2.28. The predicted octanol–water partition coefficient (Wildman–Crippen LogP) is 2.90. The second-order valence-electron chi connectivity index (χ2n) is 8.49. The normalized spacial score (nSPS) is 22.9. The first-order valence-electron chi connectivity index (χ1n) is 11.0. The molecule has 2 atom stereocenters. The average molecular weight is 429 g/mol. The summed E-state index contributed by atoms with van der Waals surface area (Å²) in [6.45, 7) is 5.61. The van der Waals surface area contributed by atoms with Crippen LogP contribution in [0.15, 0.2) is 45.8 Å². The highest BCUT2D eigenvalue weighted by molar-refractivity contribution is 7.98. The summed E-state index contributed by atoms with van der Waals surface area (Å²) in [5, 5.41) is 7.82. The summed E-state index contributed by atoms with van der Waals surface area (Å²) < 4.78 is 5.58. The van der Waals surface area contributed by atoms with Crippen LogP contribution < -0.4 is 5.32 Å². The van der Waals surface area contributed by atoms with E-state index in [9.17, 15) is 4.79 Å². The Morgan fingerprint density at radius 2 is 2.00 bits per heavy atom. The Bertz CT molecular complexity index is 805. The highest BCUT2D eigenvalue weighted by Gasteiger charge is 2.30. The van der Waals surface area contributed by atoms with E-state index in [1.807, 2.05) is 23.1 Å². The van der Waals surface area contributed by atoms with Crippen molar-refractivity contribution in [1.82, 2.24) is 20.3 Å². The molecule has 2 fully saturated rings. The molecule has 6 nitrogen and oxygen atoms in total. The molecule has 1 aromatic heterocycles. The molecule has 30 heavy (non-hydrogen) atoms. The van der Waals surface area contributed by atoms with E-state index in [0.29, 0.717) is 24.2 Å². The van der Waals surface area contributed by atoms with Crippen LogP contribution in [-0.2, 0) is 17.0 Å². The zero-order valence-corrected chi connectivity index (χ0v) is 18.6. The summed E-state index contributed by atoms with van der Waals surface area (Å²) in [4.78, 5) is 18.4. The van der Waals surface area contributed by atoms with E-state index in [-0.39, 0.29) is 0 Å². The minimum absolute atomic E-state index is 0.320. The van der Waals surface area contributed by atoms with Crippen LogP contribution in [0.25, 0.3) is 0 Å². The maximum absolute atomic E-state index is 12.8. The van der Waals surface area contributed by atoms with Gasteiger partial charge in [-0.1, -0.05) is 23.4 Å². The minimum Gasteiger partial charge on any atom is -0.360 e. The Balaban J connectivity index is 1.30. The monoisotopic (exact) mass is 428 g/mol. The van der Waals surface area contributed by atoms with Crippen LogP contribution in [0.1, 0.15) is 24.3 Å². The quantitative estimate of drug-likeness (QED) is 0.685. The van der Waals surface area contributed by atoms with Crippen molar-refractivity contribution in [3.8, 4) is 0 Å². The molecule has 2 saturated heterocycles. The molecule has 2 aliphatic rings. The molecule has 0 radical (unpaired) electrons. The number of rotatable bonds is 7. The zero-order valence-electron chi connectivity index (χ0n) is 17.8. The fraction of sp³-hybridized carbons (Fsp3) is 0.565. The molecule has 2 aromatic rings. The third kappa shape index (κ3) is 5.86. The molecule has 1 amide bonds. The number of nitrogens with one attached hydrogen (secondary N) is 1. The van der Waals surface area contributed by atoms with Gasteiger partial charge in [0, 0.05) is 43.6 Å². The van der Waals surface area contributed by atoms with Gasteiger partial charge in [0.2, 0.25) is 5.91 Å². The van der Waals surface area contributed by atoms with Gasteiger partial charge in [0.15, 0.2) is 0 Å². The number of carbonyl (C=O) groups excluding carboxylic acids is 1. The Kier molecular flexibility index (Phi) is 7.47. The number of piperidine rings is 1. The molecule has 0 saturated carbocycles. The summed E-state index contributed by atoms with van der Waals surface area (Å²) in [6.07, 6.45) is 2.58. The Morgan fingerprint density at radius 3 is 2.80 bits per heavy atom. The summed E-state index contributed by atoms with van der Waals surface area (Å²) in [6, 6.07) is 12.4. The average Bonchev–Trinajstić information content (AvgIpc) is 3.22. The number of nitrogens with zero attached hydrogens (tertiary/aromatic N) is 3. The van der Waals surface area contributed by atoms with Gasteiger partial charge in [0.25, 0.3) is 0 Å². The molecule has 0 bridgehead atoms. The van der Waals surface area contributed by atoms with Crippen LogP contribution in [0, 0.1) is 11.8 Å². The van der Waals surface area contributed by atoms with Crippen molar-refractivity contribution in [2.24, 2.45) is 11.8 Å². The molecule has 162 valence electrons. The lowest BCUT2D eigenvalue weighted by atomic mass is 9.81. The smallest absolute Gasteiger partial charge is 0.222 e. The molecule has 1 N–H and O–H groups in total. The molecule has 4 rings (SSSR count). The predicted molar refractivity (Wildman–Crippen MR) is 119 cm³/mol. The number of hydrogen-bond donors (Lipinski definition) is 1. The molecule has 1 aromatic carbocycles. The van der Waals surface area contributed by atoms with E-state index in [4.69, 9.17) is 4.52 Å². The van der Waals surface area contributed by atoms with E-state index < -0.39 is 0 Å². The standard InChI is InChI=1S/C23H32N4O2S/c1-26-9-11-27(12-10-26)23(28)14-18-7-8-24-16-19(18)13-20-15-21(29-25-20)17-30-22-5-3-2-4-6-22/h2-6,15,18-19,24H,7-14,16-17H2,1H3/t18-,19-/m0/s1. The number of amides is 1. The molecular weight excluding hydrogens is 396 g/mol. The van der Waals surface area contributed by atoms with Crippen LogP contribution in [-0.4, -0.2) is 67.2 Å². The molecule has 3 heterocycles. The van der Waals surface area contributed by atoms with Gasteiger partial charge in [0.05, 0.1) is 11.4 Å². The molecule has 0 aliphatic carbocycles. The van der Waals surface area contributed by atoms with Gasteiger partial charge in [-0.2, -0.15) is 0 Å². The van der Waals surface area contributed by atoms with E-state index in [1.165, 1.54) is 4.90 Å². The van der Waals surface area contributed by atoms with Crippen LogP contribution in [0.2, 0.25) is 0 Å². The van der Waals surface area contributed by atoms with Gasteiger partial charge in [0.1, 0.15) is 5.76 Å². The summed E-state index contributed by atoms with van der Waals surface area (Å²) in [7, 11) is 2.12. The second-order valence-corrected chi connectivity index (χ2v) is 9.54. The number of hydrogen-bond acceptors (Lipinski definition) is 6. The number of piperazine rings is 1. The van der Waals surface area contributed by atoms with Crippen molar-refractivity contribution in [3.63, 3.8) is 0 Å². The SMILES string of the molecule is CN1CCN(C(=O)C[C@@H]2CCNC[C@@H]2Cc2cc(CSc3ccccc3)on2)CC1. The topological polar surface area (TPSA) is 61.6 Å². The largest absolute Gasteiger partial charge is 0.360 e. The number of likely N-dealkylation sites (N-methyl/N-ethyl adjacent to an activating group) is 1. The highest BCUT2D eigenvalue weighted by atomic mass is 32.2. The lowest BCUT2D eigenvalue weighted by Crippen LogP contribution is -2.48. The van der Waals surface area contributed by atoms with Gasteiger partial charge in [-0.25, -0.2) is 0 Å². The molecule has 0 spiro atoms. The van der Waals surface area contributed by atoms with Crippen LogP contribution in [0.4, 0.5) is 0 Å². The van der Waals surface area contributed by atoms with Gasteiger partial charge < -0.3 is 19.6 Å².